The molecule has 0 fully saturated rings. The first kappa shape index (κ1) is 14.4. The highest BCUT2D eigenvalue weighted by atomic mass is 16.5. The van der Waals surface area contributed by atoms with Crippen molar-refractivity contribution in [3.63, 3.8) is 0 Å². The summed E-state index contributed by atoms with van der Waals surface area (Å²) in [6, 6.07) is 14.1. The number of rotatable bonds is 5. The molecule has 0 aliphatic heterocycles. The molecule has 2 aromatic rings. The van der Waals surface area contributed by atoms with Gasteiger partial charge in [0.1, 0.15) is 11.5 Å². The molecule has 1 atom stereocenters. The van der Waals surface area contributed by atoms with Gasteiger partial charge in [-0.15, -0.1) is 0 Å². The topological polar surface area (TPSA) is 41.5 Å². The number of benzene rings is 2. The van der Waals surface area contributed by atoms with E-state index in [9.17, 15) is 5.11 Å². The first-order valence-electron chi connectivity index (χ1n) is 6.76. The minimum atomic E-state index is 0.233. The fourth-order valence-electron chi connectivity index (χ4n) is 2.06. The van der Waals surface area contributed by atoms with Gasteiger partial charge in [-0.05, 0) is 25.5 Å². The molecular formula is C17H21NO2. The number of hydrogen-bond donors (Lipinski definition) is 2. The first-order chi connectivity index (χ1) is 9.60. The molecule has 2 N–H and O–H groups in total. The summed E-state index contributed by atoms with van der Waals surface area (Å²) in [5.41, 5.74) is 3.36. The standard InChI is InChI=1S/C17H21NO2/c1-12-4-6-14(7-5-12)13(2)18-11-15-8-9-16(20-3)10-17(15)19/h4-10,13,18-19H,11H2,1-3H3/t13-/m1/s1. The van der Waals surface area contributed by atoms with E-state index in [0.29, 0.717) is 12.3 Å². The van der Waals surface area contributed by atoms with Crippen molar-refractivity contribution in [1.29, 1.82) is 0 Å². The largest absolute Gasteiger partial charge is 0.507 e. The summed E-state index contributed by atoms with van der Waals surface area (Å²) in [6.07, 6.45) is 0. The smallest absolute Gasteiger partial charge is 0.123 e. The minimum absolute atomic E-state index is 0.233. The third-order valence-electron chi connectivity index (χ3n) is 3.47. The molecule has 0 aliphatic rings. The predicted molar refractivity (Wildman–Crippen MR) is 81.1 cm³/mol. The molecule has 0 saturated carbocycles. The van der Waals surface area contributed by atoms with Gasteiger partial charge in [0.15, 0.2) is 0 Å². The SMILES string of the molecule is COc1ccc(CN[C@H](C)c2ccc(C)cc2)c(O)c1. The maximum atomic E-state index is 9.92. The second kappa shape index (κ2) is 6.44. The zero-order valence-electron chi connectivity index (χ0n) is 12.2. The van der Waals surface area contributed by atoms with E-state index in [-0.39, 0.29) is 11.8 Å². The van der Waals surface area contributed by atoms with Crippen molar-refractivity contribution in [3.05, 3.63) is 59.2 Å². The summed E-state index contributed by atoms with van der Waals surface area (Å²) in [6.45, 7) is 4.81. The number of aryl methyl sites for hydroxylation is 1. The van der Waals surface area contributed by atoms with Gasteiger partial charge >= 0.3 is 0 Å². The number of ether oxygens (including phenoxy) is 1. The Hall–Kier alpha value is -2.00. The Morgan fingerprint density at radius 1 is 1.15 bits per heavy atom. The Balaban J connectivity index is 1.99. The van der Waals surface area contributed by atoms with E-state index in [2.05, 4.69) is 43.4 Å². The Morgan fingerprint density at radius 3 is 2.45 bits per heavy atom. The molecule has 20 heavy (non-hydrogen) atoms. The number of phenols is 1. The van der Waals surface area contributed by atoms with Gasteiger partial charge in [0.2, 0.25) is 0 Å². The second-order valence-corrected chi connectivity index (χ2v) is 5.01. The lowest BCUT2D eigenvalue weighted by molar-refractivity contribution is 0.405. The van der Waals surface area contributed by atoms with Gasteiger partial charge < -0.3 is 15.2 Å². The van der Waals surface area contributed by atoms with E-state index in [1.165, 1.54) is 11.1 Å². The third kappa shape index (κ3) is 3.52. The average Bonchev–Trinajstić information content (AvgIpc) is 2.46. The van der Waals surface area contributed by atoms with Crippen molar-refractivity contribution in [1.82, 2.24) is 5.32 Å². The third-order valence-corrected chi connectivity index (χ3v) is 3.47. The van der Waals surface area contributed by atoms with Crippen LogP contribution < -0.4 is 10.1 Å². The van der Waals surface area contributed by atoms with Crippen molar-refractivity contribution in [2.45, 2.75) is 26.4 Å². The highest BCUT2D eigenvalue weighted by Crippen LogP contribution is 2.24. The van der Waals surface area contributed by atoms with Crippen LogP contribution in [0.4, 0.5) is 0 Å². The number of aromatic hydroxyl groups is 1. The van der Waals surface area contributed by atoms with Crippen LogP contribution in [0.5, 0.6) is 11.5 Å². The molecule has 0 amide bonds. The summed E-state index contributed by atoms with van der Waals surface area (Å²) >= 11 is 0. The van der Waals surface area contributed by atoms with Crippen LogP contribution in [0.1, 0.15) is 29.7 Å². The van der Waals surface area contributed by atoms with E-state index in [4.69, 9.17) is 4.74 Å². The van der Waals surface area contributed by atoms with E-state index in [0.717, 1.165) is 5.56 Å². The van der Waals surface area contributed by atoms with Crippen LogP contribution in [0.2, 0.25) is 0 Å². The molecule has 2 rings (SSSR count). The molecule has 3 nitrogen and oxygen atoms in total. The van der Waals surface area contributed by atoms with E-state index in [1.54, 1.807) is 13.2 Å². The van der Waals surface area contributed by atoms with Crippen LogP contribution in [-0.4, -0.2) is 12.2 Å². The van der Waals surface area contributed by atoms with Crippen molar-refractivity contribution >= 4 is 0 Å². The molecule has 3 heteroatoms. The zero-order chi connectivity index (χ0) is 14.5. The first-order valence-corrected chi connectivity index (χ1v) is 6.76. The van der Waals surface area contributed by atoms with Gasteiger partial charge in [0, 0.05) is 24.2 Å². The number of phenolic OH excluding ortho intramolecular Hbond substituents is 1. The summed E-state index contributed by atoms with van der Waals surface area (Å²) in [4.78, 5) is 0. The lowest BCUT2D eigenvalue weighted by Gasteiger charge is -2.15. The Morgan fingerprint density at radius 2 is 1.85 bits per heavy atom. The molecule has 0 unspecified atom stereocenters. The molecule has 0 bridgehead atoms. The molecule has 106 valence electrons. The van der Waals surface area contributed by atoms with E-state index < -0.39 is 0 Å². The van der Waals surface area contributed by atoms with Crippen molar-refractivity contribution in [2.24, 2.45) is 0 Å². The predicted octanol–water partition coefficient (Wildman–Crippen LogP) is 3.56. The molecule has 0 aromatic heterocycles. The molecule has 0 radical (unpaired) electrons. The summed E-state index contributed by atoms with van der Waals surface area (Å²) in [5.74, 6) is 0.922. The van der Waals surface area contributed by atoms with Crippen molar-refractivity contribution < 1.29 is 9.84 Å². The van der Waals surface area contributed by atoms with Crippen LogP contribution in [0.15, 0.2) is 42.5 Å². The minimum Gasteiger partial charge on any atom is -0.507 e. The van der Waals surface area contributed by atoms with Crippen LogP contribution in [0.25, 0.3) is 0 Å². The Labute approximate surface area is 120 Å². The highest BCUT2D eigenvalue weighted by Gasteiger charge is 2.07. The quantitative estimate of drug-likeness (QED) is 0.873. The fourth-order valence-corrected chi connectivity index (χ4v) is 2.06. The maximum absolute atomic E-state index is 9.92. The van der Waals surface area contributed by atoms with Crippen LogP contribution in [0, 0.1) is 6.92 Å². The lowest BCUT2D eigenvalue weighted by atomic mass is 10.1. The molecule has 0 spiro atoms. The lowest BCUT2D eigenvalue weighted by Crippen LogP contribution is -2.18. The van der Waals surface area contributed by atoms with Crippen molar-refractivity contribution in [2.75, 3.05) is 7.11 Å². The number of nitrogens with one attached hydrogen (secondary N) is 1. The van der Waals surface area contributed by atoms with Gasteiger partial charge in [0.05, 0.1) is 7.11 Å². The molecule has 0 heterocycles. The van der Waals surface area contributed by atoms with E-state index >= 15 is 0 Å². The van der Waals surface area contributed by atoms with Gasteiger partial charge in [-0.25, -0.2) is 0 Å². The van der Waals surface area contributed by atoms with Crippen LogP contribution >= 0.6 is 0 Å². The van der Waals surface area contributed by atoms with Gasteiger partial charge in [0.25, 0.3) is 0 Å². The van der Waals surface area contributed by atoms with Crippen molar-refractivity contribution in [3.8, 4) is 11.5 Å². The number of methoxy groups -OCH3 is 1. The fraction of sp³-hybridized carbons (Fsp3) is 0.294. The van der Waals surface area contributed by atoms with Gasteiger partial charge in [-0.3, -0.25) is 0 Å². The number of hydrogen-bond acceptors (Lipinski definition) is 3. The Kier molecular flexibility index (Phi) is 4.64. The summed E-state index contributed by atoms with van der Waals surface area (Å²) < 4.78 is 5.08. The molecule has 0 saturated heterocycles. The average molecular weight is 271 g/mol. The molecular weight excluding hydrogens is 250 g/mol. The van der Waals surface area contributed by atoms with Crippen LogP contribution in [-0.2, 0) is 6.54 Å². The second-order valence-electron chi connectivity index (χ2n) is 5.01. The monoisotopic (exact) mass is 271 g/mol. The normalized spacial score (nSPS) is 12.2. The van der Waals surface area contributed by atoms with Gasteiger partial charge in [-0.1, -0.05) is 35.9 Å². The van der Waals surface area contributed by atoms with Gasteiger partial charge in [-0.2, -0.15) is 0 Å². The molecule has 2 aromatic carbocycles. The van der Waals surface area contributed by atoms with E-state index in [1.807, 2.05) is 12.1 Å². The summed E-state index contributed by atoms with van der Waals surface area (Å²) in [5, 5.41) is 13.3. The Bertz CT molecular complexity index is 564. The maximum Gasteiger partial charge on any atom is 0.123 e. The highest BCUT2D eigenvalue weighted by molar-refractivity contribution is 5.39. The van der Waals surface area contributed by atoms with Crippen LogP contribution in [0.3, 0.4) is 0 Å². The molecule has 0 aliphatic carbocycles. The zero-order valence-corrected chi connectivity index (χ0v) is 12.2. The summed E-state index contributed by atoms with van der Waals surface area (Å²) in [7, 11) is 1.59.